The molecule has 8 heteroatoms. The van der Waals surface area contributed by atoms with Gasteiger partial charge in [-0.1, -0.05) is 0 Å². The molecule has 0 bridgehead atoms. The average Bonchev–Trinajstić information content (AvgIpc) is 2.25. The fraction of sp³-hybridized carbons (Fsp3) is 0.444. The van der Waals surface area contributed by atoms with Crippen molar-refractivity contribution >= 4 is 12.4 Å². The maximum atomic E-state index is 11.9. The van der Waals surface area contributed by atoms with Crippen LogP contribution in [0.2, 0.25) is 0 Å². The number of methoxy groups -OCH3 is 1. The molecule has 0 spiro atoms. The molecule has 0 radical (unpaired) electrons. The molecule has 17 heavy (non-hydrogen) atoms. The van der Waals surface area contributed by atoms with Crippen molar-refractivity contribution in [3.8, 4) is 11.6 Å². The number of hydrogen-bond donors (Lipinski definition) is 1. The first kappa shape index (κ1) is 15.8. The first-order chi connectivity index (χ1) is 7.46. The topological polar surface area (TPSA) is 57.4 Å². The van der Waals surface area contributed by atoms with Crippen molar-refractivity contribution in [3.63, 3.8) is 0 Å². The lowest BCUT2D eigenvalue weighted by Gasteiger charge is -2.11. The Labute approximate surface area is 102 Å². The predicted octanol–water partition coefficient (Wildman–Crippen LogP) is 1.91. The number of pyridine rings is 1. The summed E-state index contributed by atoms with van der Waals surface area (Å²) in [6, 6.07) is 1.48. The monoisotopic (exact) mass is 272 g/mol. The van der Waals surface area contributed by atoms with Crippen molar-refractivity contribution in [3.05, 3.63) is 17.8 Å². The smallest absolute Gasteiger partial charge is 0.422 e. The van der Waals surface area contributed by atoms with E-state index in [2.05, 4.69) is 9.72 Å². The van der Waals surface area contributed by atoms with Crippen molar-refractivity contribution in [1.29, 1.82) is 0 Å². The highest BCUT2D eigenvalue weighted by Gasteiger charge is 2.29. The largest absolute Gasteiger partial charge is 0.491 e. The number of nitrogens with two attached hydrogens (primary N) is 1. The molecule has 0 aliphatic rings. The molecule has 1 aromatic rings. The van der Waals surface area contributed by atoms with E-state index in [9.17, 15) is 13.2 Å². The molecule has 0 atom stereocenters. The van der Waals surface area contributed by atoms with E-state index >= 15 is 0 Å². The van der Waals surface area contributed by atoms with Crippen LogP contribution in [0.15, 0.2) is 12.3 Å². The van der Waals surface area contributed by atoms with Crippen LogP contribution in [-0.4, -0.2) is 24.9 Å². The molecule has 1 rings (SSSR count). The third-order valence-electron chi connectivity index (χ3n) is 1.70. The van der Waals surface area contributed by atoms with E-state index in [-0.39, 0.29) is 30.6 Å². The van der Waals surface area contributed by atoms with Crippen molar-refractivity contribution in [1.82, 2.24) is 4.98 Å². The lowest BCUT2D eigenvalue weighted by Crippen LogP contribution is -2.20. The zero-order chi connectivity index (χ0) is 12.2. The molecule has 0 unspecified atom stereocenters. The van der Waals surface area contributed by atoms with Gasteiger partial charge in [-0.3, -0.25) is 0 Å². The molecule has 1 heterocycles. The Morgan fingerprint density at radius 2 is 2.06 bits per heavy atom. The van der Waals surface area contributed by atoms with Gasteiger partial charge >= 0.3 is 6.18 Å². The van der Waals surface area contributed by atoms with Crippen LogP contribution < -0.4 is 15.2 Å². The van der Waals surface area contributed by atoms with Crippen molar-refractivity contribution < 1.29 is 22.6 Å². The van der Waals surface area contributed by atoms with E-state index in [1.54, 1.807) is 0 Å². The van der Waals surface area contributed by atoms with Gasteiger partial charge in [0.05, 0.1) is 7.11 Å². The van der Waals surface area contributed by atoms with Gasteiger partial charge in [-0.15, -0.1) is 12.4 Å². The summed E-state index contributed by atoms with van der Waals surface area (Å²) in [6.07, 6.45) is -3.06. The van der Waals surface area contributed by atoms with Crippen LogP contribution in [0.4, 0.5) is 13.2 Å². The molecule has 98 valence electrons. The highest BCUT2D eigenvalue weighted by atomic mass is 35.5. The second kappa shape index (κ2) is 6.51. The van der Waals surface area contributed by atoms with Gasteiger partial charge in [0.25, 0.3) is 5.88 Å². The molecule has 0 fully saturated rings. The number of aromatic nitrogens is 1. The van der Waals surface area contributed by atoms with E-state index in [0.29, 0.717) is 5.56 Å². The van der Waals surface area contributed by atoms with Crippen molar-refractivity contribution in [2.24, 2.45) is 5.73 Å². The van der Waals surface area contributed by atoms with Gasteiger partial charge in [-0.25, -0.2) is 4.98 Å². The summed E-state index contributed by atoms with van der Waals surface area (Å²) in [6.45, 7) is -1.18. The van der Waals surface area contributed by atoms with Gasteiger partial charge in [0.15, 0.2) is 12.4 Å². The number of rotatable bonds is 4. The Kier molecular flexibility index (Phi) is 6.04. The average molecular weight is 273 g/mol. The van der Waals surface area contributed by atoms with E-state index in [1.807, 2.05) is 0 Å². The second-order valence-corrected chi connectivity index (χ2v) is 2.96. The Bertz CT molecular complexity index is 361. The highest BCUT2D eigenvalue weighted by molar-refractivity contribution is 5.85. The SMILES string of the molecule is COc1cc(CN)cnc1OCC(F)(F)F.Cl. The predicted molar refractivity (Wildman–Crippen MR) is 57.5 cm³/mol. The second-order valence-electron chi connectivity index (χ2n) is 2.96. The summed E-state index contributed by atoms with van der Waals surface area (Å²) < 4.78 is 45.1. The fourth-order valence-corrected chi connectivity index (χ4v) is 0.989. The normalized spacial score (nSPS) is 10.6. The van der Waals surface area contributed by atoms with Crippen LogP contribution in [0.3, 0.4) is 0 Å². The summed E-state index contributed by atoms with van der Waals surface area (Å²) in [4.78, 5) is 3.70. The minimum absolute atomic E-state index is 0. The van der Waals surface area contributed by atoms with Crippen LogP contribution >= 0.6 is 12.4 Å². The standard InChI is InChI=1S/C9H11F3N2O2.ClH/c1-15-7-2-6(3-13)4-14-8(7)16-5-9(10,11)12;/h2,4H,3,5,13H2,1H3;1H. The Hall–Kier alpha value is -1.21. The van der Waals surface area contributed by atoms with Crippen LogP contribution in [0, 0.1) is 0 Å². The molecular formula is C9H12ClF3N2O2. The molecule has 4 nitrogen and oxygen atoms in total. The van der Waals surface area contributed by atoms with Crippen LogP contribution in [0.25, 0.3) is 0 Å². The van der Waals surface area contributed by atoms with Crippen molar-refractivity contribution in [2.75, 3.05) is 13.7 Å². The summed E-state index contributed by atoms with van der Waals surface area (Å²) in [5.74, 6) is -0.0655. The summed E-state index contributed by atoms with van der Waals surface area (Å²) in [5, 5.41) is 0. The number of alkyl halides is 3. The maximum Gasteiger partial charge on any atom is 0.422 e. The zero-order valence-electron chi connectivity index (χ0n) is 8.95. The number of hydrogen-bond acceptors (Lipinski definition) is 4. The summed E-state index contributed by atoms with van der Waals surface area (Å²) in [7, 11) is 1.32. The van der Waals surface area contributed by atoms with E-state index in [1.165, 1.54) is 19.4 Å². The van der Waals surface area contributed by atoms with Crippen LogP contribution in [0.5, 0.6) is 11.6 Å². The maximum absolute atomic E-state index is 11.9. The fourth-order valence-electron chi connectivity index (χ4n) is 0.989. The van der Waals surface area contributed by atoms with Gasteiger partial charge < -0.3 is 15.2 Å². The first-order valence-corrected chi connectivity index (χ1v) is 4.39. The molecule has 0 aliphatic heterocycles. The van der Waals surface area contributed by atoms with Gasteiger partial charge in [0.2, 0.25) is 0 Å². The lowest BCUT2D eigenvalue weighted by molar-refractivity contribution is -0.154. The van der Waals surface area contributed by atoms with Gasteiger partial charge in [0.1, 0.15) is 0 Å². The van der Waals surface area contributed by atoms with Gasteiger partial charge in [0, 0.05) is 12.7 Å². The Morgan fingerprint density at radius 3 is 2.53 bits per heavy atom. The first-order valence-electron chi connectivity index (χ1n) is 4.39. The summed E-state index contributed by atoms with van der Waals surface area (Å²) >= 11 is 0. The molecule has 2 N–H and O–H groups in total. The summed E-state index contributed by atoms with van der Waals surface area (Å²) in [5.41, 5.74) is 6.00. The third-order valence-corrected chi connectivity index (χ3v) is 1.70. The number of nitrogens with zero attached hydrogens (tertiary/aromatic N) is 1. The quantitative estimate of drug-likeness (QED) is 0.910. The number of ether oxygens (including phenoxy) is 2. The highest BCUT2D eigenvalue weighted by Crippen LogP contribution is 2.26. The van der Waals surface area contributed by atoms with Gasteiger partial charge in [-0.05, 0) is 11.6 Å². The van der Waals surface area contributed by atoms with E-state index < -0.39 is 12.8 Å². The minimum Gasteiger partial charge on any atom is -0.491 e. The third kappa shape index (κ3) is 5.10. The number of halogens is 4. The minimum atomic E-state index is -4.40. The molecule has 0 saturated carbocycles. The molecule has 0 saturated heterocycles. The lowest BCUT2D eigenvalue weighted by atomic mass is 10.3. The van der Waals surface area contributed by atoms with Crippen LogP contribution in [0.1, 0.15) is 5.56 Å². The van der Waals surface area contributed by atoms with E-state index in [4.69, 9.17) is 10.5 Å². The zero-order valence-corrected chi connectivity index (χ0v) is 9.77. The molecule has 0 aliphatic carbocycles. The van der Waals surface area contributed by atoms with E-state index in [0.717, 1.165) is 0 Å². The molecular weight excluding hydrogens is 261 g/mol. The van der Waals surface area contributed by atoms with Gasteiger partial charge in [-0.2, -0.15) is 13.2 Å². The Balaban J connectivity index is 0.00000256. The molecule has 0 aromatic carbocycles. The molecule has 0 amide bonds. The van der Waals surface area contributed by atoms with Crippen molar-refractivity contribution in [2.45, 2.75) is 12.7 Å². The molecule has 1 aromatic heterocycles. The Morgan fingerprint density at radius 1 is 1.41 bits per heavy atom. The van der Waals surface area contributed by atoms with Crippen LogP contribution in [-0.2, 0) is 6.54 Å².